The summed E-state index contributed by atoms with van der Waals surface area (Å²) >= 11 is 6.33. The lowest BCUT2D eigenvalue weighted by Gasteiger charge is -2.26. The zero-order chi connectivity index (χ0) is 26.0. The van der Waals surface area contributed by atoms with Crippen LogP contribution in [0.2, 0.25) is 0 Å². The number of thiazole rings is 1. The number of nitrogens with zero attached hydrogens (tertiary/aromatic N) is 3. The Labute approximate surface area is 231 Å². The van der Waals surface area contributed by atoms with Crippen molar-refractivity contribution in [1.29, 1.82) is 0 Å². The van der Waals surface area contributed by atoms with Gasteiger partial charge in [0.25, 0.3) is 11.8 Å². The maximum absolute atomic E-state index is 12.4. The number of hydrogen-bond donors (Lipinski definition) is 1. The van der Waals surface area contributed by atoms with Crippen LogP contribution in [-0.4, -0.2) is 73.7 Å². The van der Waals surface area contributed by atoms with E-state index in [1.54, 1.807) is 17.0 Å². The molecule has 1 aliphatic heterocycles. The highest BCUT2D eigenvalue weighted by Gasteiger charge is 2.19. The molecule has 0 spiro atoms. The third kappa shape index (κ3) is 7.78. The third-order valence-electron chi connectivity index (χ3n) is 5.24. The fourth-order valence-electron chi connectivity index (χ4n) is 3.40. The summed E-state index contributed by atoms with van der Waals surface area (Å²) in [4.78, 5) is 30.9. The van der Waals surface area contributed by atoms with E-state index in [4.69, 9.17) is 14.2 Å². The second kappa shape index (κ2) is 13.6. The number of ether oxygens (including phenoxy) is 3. The lowest BCUT2D eigenvalue weighted by atomic mass is 10.2. The SMILES string of the molecule is COc1cc(/C=N/NC(=O)CSc2nc(-c3ccccc3)cs2)cc(Br)c1OCC(=O)N1CCOCC1. The van der Waals surface area contributed by atoms with E-state index in [0.29, 0.717) is 47.8 Å². The molecule has 3 aromatic rings. The number of morpholine rings is 1. The Morgan fingerprint density at radius 1 is 1.27 bits per heavy atom. The number of nitrogens with one attached hydrogen (secondary N) is 1. The molecule has 2 heterocycles. The minimum Gasteiger partial charge on any atom is -0.493 e. The lowest BCUT2D eigenvalue weighted by molar-refractivity contribution is -0.137. The molecule has 1 aliphatic rings. The first-order valence-electron chi connectivity index (χ1n) is 11.3. The summed E-state index contributed by atoms with van der Waals surface area (Å²) < 4.78 is 17.9. The highest BCUT2D eigenvalue weighted by atomic mass is 79.9. The molecule has 1 fully saturated rings. The maximum atomic E-state index is 12.4. The van der Waals surface area contributed by atoms with Crippen molar-refractivity contribution in [2.24, 2.45) is 5.10 Å². The summed E-state index contributed by atoms with van der Waals surface area (Å²) in [5.41, 5.74) is 5.14. The van der Waals surface area contributed by atoms with E-state index in [1.165, 1.54) is 36.4 Å². The number of thioether (sulfide) groups is 1. The molecule has 4 rings (SSSR count). The fraction of sp³-hybridized carbons (Fsp3) is 0.280. The predicted octanol–water partition coefficient (Wildman–Crippen LogP) is 4.06. The standard InChI is InChI=1S/C25H25BrN4O5S2/c1-33-21-12-17(11-19(26)24(21)35-14-23(32)30-7-9-34-10-8-30)13-27-29-22(31)16-37-25-28-20(15-36-25)18-5-3-2-4-6-18/h2-6,11-13,15H,7-10,14,16H2,1H3,(H,29,31)/b27-13+. The maximum Gasteiger partial charge on any atom is 0.260 e. The van der Waals surface area contributed by atoms with Crippen molar-refractivity contribution in [2.75, 3.05) is 45.8 Å². The van der Waals surface area contributed by atoms with E-state index in [0.717, 1.165) is 15.6 Å². The van der Waals surface area contributed by atoms with Gasteiger partial charge in [0.1, 0.15) is 0 Å². The Hall–Kier alpha value is -2.93. The summed E-state index contributed by atoms with van der Waals surface area (Å²) in [7, 11) is 1.51. The van der Waals surface area contributed by atoms with Crippen LogP contribution in [0.3, 0.4) is 0 Å². The van der Waals surface area contributed by atoms with Gasteiger partial charge in [-0.05, 0) is 33.6 Å². The second-order valence-electron chi connectivity index (χ2n) is 7.76. The Bertz CT molecular complexity index is 1250. The van der Waals surface area contributed by atoms with Gasteiger partial charge >= 0.3 is 0 Å². The van der Waals surface area contributed by atoms with Crippen molar-refractivity contribution < 1.29 is 23.8 Å². The van der Waals surface area contributed by atoms with Crippen LogP contribution in [0.4, 0.5) is 0 Å². The van der Waals surface area contributed by atoms with Gasteiger partial charge in [0.05, 0.1) is 42.5 Å². The number of amides is 2. The van der Waals surface area contributed by atoms with Crippen molar-refractivity contribution >= 4 is 57.1 Å². The zero-order valence-electron chi connectivity index (χ0n) is 20.0. The molecule has 0 aliphatic carbocycles. The Kier molecular flexibility index (Phi) is 9.94. The predicted molar refractivity (Wildman–Crippen MR) is 148 cm³/mol. The normalized spacial score (nSPS) is 13.5. The average molecular weight is 606 g/mol. The van der Waals surface area contributed by atoms with Gasteiger partial charge in [0.15, 0.2) is 22.4 Å². The molecule has 194 valence electrons. The van der Waals surface area contributed by atoms with Gasteiger partial charge in [-0.15, -0.1) is 11.3 Å². The van der Waals surface area contributed by atoms with E-state index in [9.17, 15) is 9.59 Å². The fourth-order valence-corrected chi connectivity index (χ4v) is 5.60. The summed E-state index contributed by atoms with van der Waals surface area (Å²) in [5.74, 6) is 0.684. The summed E-state index contributed by atoms with van der Waals surface area (Å²) in [6.45, 7) is 2.06. The van der Waals surface area contributed by atoms with E-state index in [2.05, 4.69) is 31.4 Å². The molecule has 0 saturated carbocycles. The third-order valence-corrected chi connectivity index (χ3v) is 7.85. The van der Waals surface area contributed by atoms with Gasteiger partial charge in [0.2, 0.25) is 0 Å². The highest BCUT2D eigenvalue weighted by Crippen LogP contribution is 2.36. The van der Waals surface area contributed by atoms with Crippen molar-refractivity contribution in [3.63, 3.8) is 0 Å². The van der Waals surface area contributed by atoms with Crippen LogP contribution in [0.5, 0.6) is 11.5 Å². The lowest BCUT2D eigenvalue weighted by Crippen LogP contribution is -2.43. The number of hydrogen-bond acceptors (Lipinski definition) is 9. The minimum atomic E-state index is -0.245. The molecule has 1 saturated heterocycles. The number of carbonyl (C=O) groups excluding carboxylic acids is 2. The first kappa shape index (κ1) is 27.1. The van der Waals surface area contributed by atoms with E-state index in [-0.39, 0.29) is 24.2 Å². The monoisotopic (exact) mass is 604 g/mol. The molecular weight excluding hydrogens is 580 g/mol. The van der Waals surface area contributed by atoms with Gasteiger partial charge < -0.3 is 19.1 Å². The van der Waals surface area contributed by atoms with Gasteiger partial charge in [-0.3, -0.25) is 9.59 Å². The average Bonchev–Trinajstić information content (AvgIpc) is 3.41. The van der Waals surface area contributed by atoms with Crippen LogP contribution in [0.1, 0.15) is 5.56 Å². The number of halogens is 1. The van der Waals surface area contributed by atoms with E-state index in [1.807, 2.05) is 35.7 Å². The van der Waals surface area contributed by atoms with Crippen LogP contribution < -0.4 is 14.9 Å². The molecule has 37 heavy (non-hydrogen) atoms. The van der Waals surface area contributed by atoms with Gasteiger partial charge in [0, 0.05) is 24.0 Å². The molecular formula is C25H25BrN4O5S2. The van der Waals surface area contributed by atoms with Crippen LogP contribution >= 0.6 is 39.0 Å². The van der Waals surface area contributed by atoms with Gasteiger partial charge in [-0.1, -0.05) is 42.1 Å². The van der Waals surface area contributed by atoms with Gasteiger partial charge in [-0.25, -0.2) is 10.4 Å². The second-order valence-corrected chi connectivity index (χ2v) is 10.7. The molecule has 0 unspecified atom stereocenters. The number of carbonyl (C=O) groups is 2. The van der Waals surface area contributed by atoms with Crippen LogP contribution in [0, 0.1) is 0 Å². The molecule has 9 nitrogen and oxygen atoms in total. The van der Waals surface area contributed by atoms with Crippen molar-refractivity contribution in [1.82, 2.24) is 15.3 Å². The largest absolute Gasteiger partial charge is 0.493 e. The smallest absolute Gasteiger partial charge is 0.260 e. The minimum absolute atomic E-state index is 0.109. The number of methoxy groups -OCH3 is 1. The van der Waals surface area contributed by atoms with Gasteiger partial charge in [-0.2, -0.15) is 5.10 Å². The summed E-state index contributed by atoms with van der Waals surface area (Å²) in [6, 6.07) is 13.4. The Morgan fingerprint density at radius 3 is 2.81 bits per heavy atom. The molecule has 0 bridgehead atoms. The first-order chi connectivity index (χ1) is 18.0. The topological polar surface area (TPSA) is 102 Å². The van der Waals surface area contributed by atoms with Crippen molar-refractivity contribution in [3.8, 4) is 22.8 Å². The number of hydrazone groups is 1. The van der Waals surface area contributed by atoms with Crippen LogP contribution in [0.15, 0.2) is 61.8 Å². The molecule has 2 aromatic carbocycles. The zero-order valence-corrected chi connectivity index (χ0v) is 23.2. The molecule has 1 aromatic heterocycles. The number of benzene rings is 2. The quantitative estimate of drug-likeness (QED) is 0.211. The molecule has 12 heteroatoms. The number of aromatic nitrogens is 1. The van der Waals surface area contributed by atoms with E-state index < -0.39 is 0 Å². The van der Waals surface area contributed by atoms with Crippen molar-refractivity contribution in [3.05, 3.63) is 57.9 Å². The molecule has 2 amide bonds. The molecule has 0 atom stereocenters. The highest BCUT2D eigenvalue weighted by molar-refractivity contribution is 9.10. The van der Waals surface area contributed by atoms with Crippen LogP contribution in [0.25, 0.3) is 11.3 Å². The first-order valence-corrected chi connectivity index (χ1v) is 14.0. The number of rotatable bonds is 10. The van der Waals surface area contributed by atoms with Crippen molar-refractivity contribution in [2.45, 2.75) is 4.34 Å². The van der Waals surface area contributed by atoms with Crippen LogP contribution in [-0.2, 0) is 14.3 Å². The Morgan fingerprint density at radius 2 is 2.05 bits per heavy atom. The summed E-state index contributed by atoms with van der Waals surface area (Å²) in [6.07, 6.45) is 1.51. The molecule has 1 N–H and O–H groups in total. The van der Waals surface area contributed by atoms with E-state index >= 15 is 0 Å². The summed E-state index contributed by atoms with van der Waals surface area (Å²) in [5, 5.41) is 6.02. The Balaban J connectivity index is 1.27. The molecule has 0 radical (unpaired) electrons.